The van der Waals surface area contributed by atoms with Crippen LogP contribution in [0.5, 0.6) is 0 Å². The molecule has 216 valence electrons. The molecule has 10 nitrogen and oxygen atoms in total. The van der Waals surface area contributed by atoms with Crippen LogP contribution in [0.1, 0.15) is 78.7 Å². The Hall–Kier alpha value is -2.56. The predicted octanol–water partition coefficient (Wildman–Crippen LogP) is 2.85. The van der Waals surface area contributed by atoms with Crippen molar-refractivity contribution in [2.24, 2.45) is 28.1 Å². The summed E-state index contributed by atoms with van der Waals surface area (Å²) in [5.74, 6) is -5.62. The fourth-order valence-corrected chi connectivity index (χ4v) is 10.9. The van der Waals surface area contributed by atoms with E-state index in [0.717, 1.165) is 5.56 Å². The first-order valence-corrected chi connectivity index (χ1v) is 14.2. The summed E-state index contributed by atoms with van der Waals surface area (Å²) in [6, 6.07) is 1.85. The lowest BCUT2D eigenvalue weighted by molar-refractivity contribution is -0.294. The topological polar surface area (TPSA) is 142 Å². The van der Waals surface area contributed by atoms with Crippen molar-refractivity contribution in [3.8, 4) is 0 Å². The molecule has 7 rings (SSSR count). The average Bonchev–Trinajstić information content (AvgIpc) is 3.08. The highest BCUT2D eigenvalue weighted by Gasteiger charge is 2.94. The van der Waals surface area contributed by atoms with Gasteiger partial charge in [0.15, 0.2) is 5.78 Å². The van der Waals surface area contributed by atoms with Gasteiger partial charge in [0.2, 0.25) is 5.79 Å². The summed E-state index contributed by atoms with van der Waals surface area (Å²) in [5, 5.41) is 12.2. The van der Waals surface area contributed by atoms with Crippen LogP contribution in [-0.2, 0) is 38.1 Å². The van der Waals surface area contributed by atoms with Crippen molar-refractivity contribution in [2.45, 2.75) is 108 Å². The highest BCUT2D eigenvalue weighted by Crippen LogP contribution is 2.84. The van der Waals surface area contributed by atoms with Crippen LogP contribution in [0.3, 0.4) is 0 Å². The Labute approximate surface area is 232 Å². The van der Waals surface area contributed by atoms with Crippen LogP contribution in [0.25, 0.3) is 0 Å². The molecular formula is C30H36O10. The lowest BCUT2D eigenvalue weighted by atomic mass is 9.36. The number of fused-ring (bicyclic) bond motifs is 1. The van der Waals surface area contributed by atoms with Crippen molar-refractivity contribution in [2.75, 3.05) is 0 Å². The first-order valence-electron chi connectivity index (χ1n) is 14.2. The van der Waals surface area contributed by atoms with Crippen molar-refractivity contribution in [3.63, 3.8) is 0 Å². The van der Waals surface area contributed by atoms with E-state index in [0.29, 0.717) is 6.42 Å². The molecule has 0 unspecified atom stereocenters. The SMILES string of the molecule is CC(=O)O[C@@H]1[C@@H]2[C@]34CCC(=O)[C@@]3(O)OC(C)(C)[C@@H]4CC(=O)[C@@]2(C)[C@@]23O[C@@H]2C[C@@H](c2ccoc2)[C@]3(C)[C@H]1OC(C)=O. The molecule has 6 aliphatic rings. The maximum atomic E-state index is 14.7. The number of rotatable bonds is 3. The Morgan fingerprint density at radius 3 is 2.38 bits per heavy atom. The molecule has 0 bridgehead atoms. The quantitative estimate of drug-likeness (QED) is 0.436. The fraction of sp³-hybridized carbons (Fsp3) is 0.733. The van der Waals surface area contributed by atoms with Gasteiger partial charge in [-0.15, -0.1) is 0 Å². The van der Waals surface area contributed by atoms with Crippen LogP contribution in [0, 0.1) is 28.1 Å². The third kappa shape index (κ3) is 2.55. The number of hydrogen-bond donors (Lipinski definition) is 1. The maximum absolute atomic E-state index is 14.7. The minimum Gasteiger partial charge on any atom is -0.472 e. The van der Waals surface area contributed by atoms with E-state index in [9.17, 15) is 24.3 Å². The Bertz CT molecular complexity index is 1350. The van der Waals surface area contributed by atoms with Crippen LogP contribution < -0.4 is 0 Å². The van der Waals surface area contributed by atoms with E-state index in [1.807, 2.05) is 19.9 Å². The van der Waals surface area contributed by atoms with Gasteiger partial charge in [-0.1, -0.05) is 6.92 Å². The summed E-state index contributed by atoms with van der Waals surface area (Å²) in [5.41, 5.74) is -4.81. The van der Waals surface area contributed by atoms with Crippen molar-refractivity contribution in [3.05, 3.63) is 24.2 Å². The lowest BCUT2D eigenvalue weighted by Gasteiger charge is -2.66. The molecule has 2 spiro atoms. The van der Waals surface area contributed by atoms with E-state index >= 15 is 0 Å². The van der Waals surface area contributed by atoms with Gasteiger partial charge < -0.3 is 28.5 Å². The van der Waals surface area contributed by atoms with E-state index in [-0.39, 0.29) is 37.1 Å². The Morgan fingerprint density at radius 1 is 1.05 bits per heavy atom. The maximum Gasteiger partial charge on any atom is 0.303 e. The van der Waals surface area contributed by atoms with E-state index in [4.69, 9.17) is 23.4 Å². The Kier molecular flexibility index (Phi) is 4.90. The Balaban J connectivity index is 1.54. The number of esters is 2. The van der Waals surface area contributed by atoms with E-state index < -0.39 is 75.0 Å². The van der Waals surface area contributed by atoms with Crippen LogP contribution in [0.15, 0.2) is 23.0 Å². The molecule has 0 aromatic carbocycles. The minimum absolute atomic E-state index is 0.0566. The molecule has 1 aromatic heterocycles. The zero-order chi connectivity index (χ0) is 28.8. The summed E-state index contributed by atoms with van der Waals surface area (Å²) in [6.45, 7) is 9.93. The van der Waals surface area contributed by atoms with Gasteiger partial charge in [0.05, 0.1) is 29.6 Å². The van der Waals surface area contributed by atoms with Gasteiger partial charge in [-0.3, -0.25) is 19.2 Å². The summed E-state index contributed by atoms with van der Waals surface area (Å²) in [4.78, 5) is 53.7. The molecule has 40 heavy (non-hydrogen) atoms. The molecule has 11 atom stereocenters. The number of carbonyl (C=O) groups is 4. The number of ether oxygens (including phenoxy) is 4. The number of Topliss-reactive ketones (excluding diaryl/α,β-unsaturated/α-hetero) is 2. The fourth-order valence-electron chi connectivity index (χ4n) is 10.9. The summed E-state index contributed by atoms with van der Waals surface area (Å²) < 4.78 is 30.5. The Morgan fingerprint density at radius 2 is 1.75 bits per heavy atom. The zero-order valence-electron chi connectivity index (χ0n) is 23.6. The first-order chi connectivity index (χ1) is 18.6. The second-order valence-corrected chi connectivity index (χ2v) is 13.7. The van der Waals surface area contributed by atoms with Crippen LogP contribution in [-0.4, -0.2) is 63.9 Å². The van der Waals surface area contributed by atoms with Crippen LogP contribution in [0.2, 0.25) is 0 Å². The molecule has 2 aliphatic heterocycles. The van der Waals surface area contributed by atoms with Crippen molar-refractivity contribution in [1.82, 2.24) is 0 Å². The summed E-state index contributed by atoms with van der Waals surface area (Å²) >= 11 is 0. The molecule has 0 amide bonds. The van der Waals surface area contributed by atoms with Gasteiger partial charge in [-0.2, -0.15) is 0 Å². The van der Waals surface area contributed by atoms with Crippen LogP contribution in [0.4, 0.5) is 0 Å². The summed E-state index contributed by atoms with van der Waals surface area (Å²) in [7, 11) is 0. The van der Waals surface area contributed by atoms with E-state index in [1.54, 1.807) is 26.4 Å². The van der Waals surface area contributed by atoms with Crippen molar-refractivity contribution < 1.29 is 47.6 Å². The minimum atomic E-state index is -2.19. The van der Waals surface area contributed by atoms with Crippen molar-refractivity contribution in [1.29, 1.82) is 0 Å². The lowest BCUT2D eigenvalue weighted by Crippen LogP contribution is -2.78. The normalized spacial score (nSPS) is 51.3. The van der Waals surface area contributed by atoms with Crippen LogP contribution >= 0.6 is 0 Å². The largest absolute Gasteiger partial charge is 0.472 e. The number of epoxide rings is 1. The van der Waals surface area contributed by atoms with Gasteiger partial charge >= 0.3 is 11.9 Å². The average molecular weight is 557 g/mol. The predicted molar refractivity (Wildman–Crippen MR) is 134 cm³/mol. The molecule has 1 N–H and O–H groups in total. The number of hydrogen-bond acceptors (Lipinski definition) is 10. The smallest absolute Gasteiger partial charge is 0.303 e. The number of aliphatic hydroxyl groups is 1. The van der Waals surface area contributed by atoms with Crippen molar-refractivity contribution >= 4 is 23.5 Å². The molecule has 1 aromatic rings. The second-order valence-electron chi connectivity index (χ2n) is 13.7. The first kappa shape index (κ1) is 26.3. The molecule has 2 saturated heterocycles. The molecule has 4 saturated carbocycles. The highest BCUT2D eigenvalue weighted by atomic mass is 16.7. The van der Waals surface area contributed by atoms with Gasteiger partial charge in [0.25, 0.3) is 0 Å². The molecule has 6 fully saturated rings. The standard InChI is InChI=1S/C30H36O10/c1-14(31)37-22-23-27(6,20(34)12-18-25(3,4)40-30(35)19(33)7-9-28(18,23)30)29-21(39-29)11-17(16-8-10-36-13-16)26(29,5)24(22)38-15(2)32/h8,10,13,17-18,21-24,35H,7,9,11-12H2,1-6H3/t17-,18-,21+,22+,23-,24-,26+,27+,28+,29+,30+/m0/s1. The zero-order valence-corrected chi connectivity index (χ0v) is 23.6. The monoisotopic (exact) mass is 556 g/mol. The number of ketones is 2. The number of furan rings is 1. The second kappa shape index (κ2) is 7.44. The molecule has 4 aliphatic carbocycles. The van der Waals surface area contributed by atoms with Gasteiger partial charge in [-0.25, -0.2) is 0 Å². The molecule has 3 heterocycles. The third-order valence-electron chi connectivity index (χ3n) is 12.0. The highest BCUT2D eigenvalue weighted by molar-refractivity contribution is 5.94. The van der Waals surface area contributed by atoms with Gasteiger partial charge in [0, 0.05) is 55.3 Å². The molecule has 10 heteroatoms. The van der Waals surface area contributed by atoms with Gasteiger partial charge in [0.1, 0.15) is 23.6 Å². The van der Waals surface area contributed by atoms with Gasteiger partial charge in [-0.05, 0) is 45.2 Å². The van der Waals surface area contributed by atoms with E-state index in [2.05, 4.69) is 0 Å². The number of carbonyl (C=O) groups excluding carboxylic acids is 4. The molecule has 0 radical (unpaired) electrons. The van der Waals surface area contributed by atoms with E-state index in [1.165, 1.54) is 13.8 Å². The summed E-state index contributed by atoms with van der Waals surface area (Å²) in [6.07, 6.45) is 1.60. The third-order valence-corrected chi connectivity index (χ3v) is 12.0. The molecular weight excluding hydrogens is 520 g/mol.